The molecule has 0 aliphatic carbocycles. The Morgan fingerprint density at radius 3 is 2.52 bits per heavy atom. The summed E-state index contributed by atoms with van der Waals surface area (Å²) in [5.74, 6) is 0.107. The van der Waals surface area contributed by atoms with Crippen molar-refractivity contribution in [3.05, 3.63) is 35.4 Å². The summed E-state index contributed by atoms with van der Waals surface area (Å²) in [6, 6.07) is 8.04. The molecule has 1 unspecified atom stereocenters. The summed E-state index contributed by atoms with van der Waals surface area (Å²) in [6.07, 6.45) is 2.12. The third-order valence-corrected chi connectivity index (χ3v) is 3.87. The summed E-state index contributed by atoms with van der Waals surface area (Å²) in [4.78, 5) is 14.4. The number of nitrogens with one attached hydrogen (secondary N) is 1. The van der Waals surface area contributed by atoms with Crippen LogP contribution in [0.1, 0.15) is 44.7 Å². The third-order valence-electron chi connectivity index (χ3n) is 3.87. The summed E-state index contributed by atoms with van der Waals surface area (Å²) < 4.78 is 0. The molecule has 0 spiro atoms. The predicted molar refractivity (Wildman–Crippen MR) is 87.8 cm³/mol. The van der Waals surface area contributed by atoms with Gasteiger partial charge in [-0.05, 0) is 31.0 Å². The summed E-state index contributed by atoms with van der Waals surface area (Å²) in [7, 11) is 0. The molecule has 1 amide bonds. The molecule has 0 aliphatic rings. The van der Waals surface area contributed by atoms with Crippen molar-refractivity contribution in [1.82, 2.24) is 10.2 Å². The molecule has 0 saturated heterocycles. The first-order valence-electron chi connectivity index (χ1n) is 7.92. The average molecular weight is 291 g/mol. The Bertz CT molecular complexity index is 434. The Labute approximate surface area is 128 Å². The van der Waals surface area contributed by atoms with Crippen molar-refractivity contribution in [1.29, 1.82) is 0 Å². The Morgan fingerprint density at radius 2 is 1.95 bits per heavy atom. The zero-order valence-corrected chi connectivity index (χ0v) is 13.6. The standard InChI is InChI=1S/C17H29N3O/c1-4-6-11-19-17(21)14(3)20(5-2)13-16-10-8-7-9-15(16)12-18/h7-10,14H,4-6,11-13,18H2,1-3H3,(H,19,21). The molecule has 1 aromatic rings. The van der Waals surface area contributed by atoms with Crippen molar-refractivity contribution in [2.45, 2.75) is 52.7 Å². The molecule has 0 heterocycles. The zero-order chi connectivity index (χ0) is 15.7. The summed E-state index contributed by atoms with van der Waals surface area (Å²) in [5.41, 5.74) is 8.14. The highest BCUT2D eigenvalue weighted by molar-refractivity contribution is 5.81. The molecule has 21 heavy (non-hydrogen) atoms. The fraction of sp³-hybridized carbons (Fsp3) is 0.588. The number of hydrogen-bond acceptors (Lipinski definition) is 3. The van der Waals surface area contributed by atoms with E-state index >= 15 is 0 Å². The van der Waals surface area contributed by atoms with Gasteiger partial charge in [0.15, 0.2) is 0 Å². The van der Waals surface area contributed by atoms with E-state index < -0.39 is 0 Å². The maximum atomic E-state index is 12.2. The molecular weight excluding hydrogens is 262 g/mol. The van der Waals surface area contributed by atoms with Gasteiger partial charge in [-0.2, -0.15) is 0 Å². The van der Waals surface area contributed by atoms with E-state index in [-0.39, 0.29) is 11.9 Å². The van der Waals surface area contributed by atoms with Gasteiger partial charge in [0.1, 0.15) is 0 Å². The van der Waals surface area contributed by atoms with Crippen molar-refractivity contribution in [3.8, 4) is 0 Å². The van der Waals surface area contributed by atoms with Crippen molar-refractivity contribution in [2.24, 2.45) is 5.73 Å². The second kappa shape index (κ2) is 9.53. The lowest BCUT2D eigenvalue weighted by Crippen LogP contribution is -2.45. The lowest BCUT2D eigenvalue weighted by Gasteiger charge is -2.27. The van der Waals surface area contributed by atoms with Crippen LogP contribution >= 0.6 is 0 Å². The summed E-state index contributed by atoms with van der Waals surface area (Å²) in [5, 5.41) is 3.01. The van der Waals surface area contributed by atoms with Gasteiger partial charge in [-0.3, -0.25) is 9.69 Å². The maximum Gasteiger partial charge on any atom is 0.237 e. The van der Waals surface area contributed by atoms with Crippen LogP contribution in [0.5, 0.6) is 0 Å². The Hall–Kier alpha value is -1.39. The SMILES string of the molecule is CCCCNC(=O)C(C)N(CC)Cc1ccccc1CN. The van der Waals surface area contributed by atoms with Crippen molar-refractivity contribution in [3.63, 3.8) is 0 Å². The second-order valence-corrected chi connectivity index (χ2v) is 5.36. The quantitative estimate of drug-likeness (QED) is 0.686. The molecule has 1 rings (SSSR count). The molecule has 0 aromatic heterocycles. The van der Waals surface area contributed by atoms with Crippen LogP contribution in [-0.4, -0.2) is 29.9 Å². The molecule has 0 saturated carbocycles. The molecule has 118 valence electrons. The molecule has 4 nitrogen and oxygen atoms in total. The number of nitrogens with zero attached hydrogens (tertiary/aromatic N) is 1. The van der Waals surface area contributed by atoms with Gasteiger partial charge in [0.2, 0.25) is 5.91 Å². The molecule has 3 N–H and O–H groups in total. The molecule has 0 aliphatic heterocycles. The number of nitrogens with two attached hydrogens (primary N) is 1. The van der Waals surface area contributed by atoms with E-state index in [1.807, 2.05) is 19.1 Å². The molecule has 1 aromatic carbocycles. The fourth-order valence-electron chi connectivity index (χ4n) is 2.35. The van der Waals surface area contributed by atoms with Gasteiger partial charge < -0.3 is 11.1 Å². The van der Waals surface area contributed by atoms with Crippen molar-refractivity contribution >= 4 is 5.91 Å². The van der Waals surface area contributed by atoms with Crippen molar-refractivity contribution in [2.75, 3.05) is 13.1 Å². The van der Waals surface area contributed by atoms with Gasteiger partial charge in [0, 0.05) is 19.6 Å². The largest absolute Gasteiger partial charge is 0.355 e. The highest BCUT2D eigenvalue weighted by Crippen LogP contribution is 2.13. The third kappa shape index (κ3) is 5.48. The summed E-state index contributed by atoms with van der Waals surface area (Å²) >= 11 is 0. The molecule has 0 bridgehead atoms. The first kappa shape index (κ1) is 17.7. The normalized spacial score (nSPS) is 12.4. The number of likely N-dealkylation sites (N-methyl/N-ethyl adjacent to an activating group) is 1. The minimum absolute atomic E-state index is 0.107. The van der Waals surface area contributed by atoms with E-state index in [2.05, 4.69) is 36.2 Å². The number of carbonyl (C=O) groups is 1. The Kier molecular flexibility index (Phi) is 8.01. The first-order valence-corrected chi connectivity index (χ1v) is 7.92. The fourth-order valence-corrected chi connectivity index (χ4v) is 2.35. The highest BCUT2D eigenvalue weighted by atomic mass is 16.2. The number of rotatable bonds is 9. The predicted octanol–water partition coefficient (Wildman–Crippen LogP) is 2.27. The number of hydrogen-bond donors (Lipinski definition) is 2. The van der Waals surface area contributed by atoms with Crippen LogP contribution in [0, 0.1) is 0 Å². The van der Waals surface area contributed by atoms with Crippen LogP contribution < -0.4 is 11.1 Å². The van der Waals surface area contributed by atoms with Crippen LogP contribution in [0.25, 0.3) is 0 Å². The minimum atomic E-state index is -0.127. The van der Waals surface area contributed by atoms with Gasteiger partial charge in [-0.25, -0.2) is 0 Å². The van der Waals surface area contributed by atoms with Gasteiger partial charge in [0.05, 0.1) is 6.04 Å². The van der Waals surface area contributed by atoms with Gasteiger partial charge in [0.25, 0.3) is 0 Å². The number of amides is 1. The topological polar surface area (TPSA) is 58.4 Å². The smallest absolute Gasteiger partial charge is 0.237 e. The lowest BCUT2D eigenvalue weighted by molar-refractivity contribution is -0.126. The van der Waals surface area contributed by atoms with Crippen molar-refractivity contribution < 1.29 is 4.79 Å². The minimum Gasteiger partial charge on any atom is -0.355 e. The average Bonchev–Trinajstić information content (AvgIpc) is 2.52. The van der Waals surface area contributed by atoms with Crippen LogP contribution in [0.4, 0.5) is 0 Å². The van der Waals surface area contributed by atoms with Crippen LogP contribution in [0.3, 0.4) is 0 Å². The highest BCUT2D eigenvalue weighted by Gasteiger charge is 2.20. The number of carbonyl (C=O) groups excluding carboxylic acids is 1. The summed E-state index contributed by atoms with van der Waals surface area (Å²) in [6.45, 7) is 9.06. The Balaban J connectivity index is 2.67. The molecule has 1 atom stereocenters. The van der Waals surface area contributed by atoms with Crippen LogP contribution in [0.2, 0.25) is 0 Å². The molecule has 0 fully saturated rings. The monoisotopic (exact) mass is 291 g/mol. The molecule has 0 radical (unpaired) electrons. The van der Waals surface area contributed by atoms with E-state index in [1.54, 1.807) is 0 Å². The molecule has 4 heteroatoms. The zero-order valence-electron chi connectivity index (χ0n) is 13.6. The van der Waals surface area contributed by atoms with Gasteiger partial charge >= 0.3 is 0 Å². The number of benzene rings is 1. The maximum absolute atomic E-state index is 12.2. The van der Waals surface area contributed by atoms with Crippen LogP contribution in [-0.2, 0) is 17.9 Å². The lowest BCUT2D eigenvalue weighted by atomic mass is 10.1. The van der Waals surface area contributed by atoms with E-state index in [4.69, 9.17) is 5.73 Å². The van der Waals surface area contributed by atoms with E-state index in [1.165, 1.54) is 5.56 Å². The van der Waals surface area contributed by atoms with Gasteiger partial charge in [-0.15, -0.1) is 0 Å². The van der Waals surface area contributed by atoms with Crippen LogP contribution in [0.15, 0.2) is 24.3 Å². The first-order chi connectivity index (χ1) is 10.1. The second-order valence-electron chi connectivity index (χ2n) is 5.36. The number of unbranched alkanes of at least 4 members (excludes halogenated alkanes) is 1. The Morgan fingerprint density at radius 1 is 1.29 bits per heavy atom. The van der Waals surface area contributed by atoms with Gasteiger partial charge in [-0.1, -0.05) is 44.5 Å². The van der Waals surface area contributed by atoms with E-state index in [0.717, 1.165) is 38.0 Å². The van der Waals surface area contributed by atoms with E-state index in [0.29, 0.717) is 6.54 Å². The molecular formula is C17H29N3O. The van der Waals surface area contributed by atoms with E-state index in [9.17, 15) is 4.79 Å².